The maximum absolute atomic E-state index is 13.5. The van der Waals surface area contributed by atoms with Crippen LogP contribution in [0, 0.1) is 11.8 Å². The molecule has 0 aliphatic carbocycles. The summed E-state index contributed by atoms with van der Waals surface area (Å²) < 4.78 is 11.0. The Bertz CT molecular complexity index is 1120. The summed E-state index contributed by atoms with van der Waals surface area (Å²) in [4.78, 5) is 67.5. The second-order valence-electron chi connectivity index (χ2n) is 11.5. The number of oxazole rings is 1. The van der Waals surface area contributed by atoms with Gasteiger partial charge < -0.3 is 34.3 Å². The molecule has 1 aliphatic rings. The molecule has 1 aromatic carbocycles. The zero-order valence-corrected chi connectivity index (χ0v) is 24.1. The van der Waals surface area contributed by atoms with Crippen molar-refractivity contribution in [3.8, 4) is 0 Å². The first-order valence-electron chi connectivity index (χ1n) is 13.0. The predicted molar refractivity (Wildman–Crippen MR) is 143 cm³/mol. The van der Waals surface area contributed by atoms with E-state index < -0.39 is 43.9 Å². The first-order valence-corrected chi connectivity index (χ1v) is 15.0. The van der Waals surface area contributed by atoms with E-state index in [4.69, 9.17) is 9.15 Å². The molecule has 1 fully saturated rings. The second-order valence-corrected chi connectivity index (χ2v) is 14.0. The van der Waals surface area contributed by atoms with Gasteiger partial charge in [-0.1, -0.05) is 39.8 Å². The SMILES string of the molecule is CC(C)[C@H](NC(=O)OC(C)(C)C)C(=O)N1CCCC1C(=O)N[C@@H](C(C)C)[Si](O)(O)c1nc2ccccc2o1. The van der Waals surface area contributed by atoms with E-state index >= 15 is 0 Å². The minimum atomic E-state index is -4.39. The third-order valence-corrected chi connectivity index (χ3v) is 8.97. The lowest BCUT2D eigenvalue weighted by Gasteiger charge is -2.34. The van der Waals surface area contributed by atoms with Crippen LogP contribution in [0.15, 0.2) is 28.7 Å². The van der Waals surface area contributed by atoms with Crippen molar-refractivity contribution in [1.82, 2.24) is 20.5 Å². The zero-order chi connectivity index (χ0) is 28.4. The Morgan fingerprint density at radius 1 is 1.11 bits per heavy atom. The van der Waals surface area contributed by atoms with Crippen LogP contribution in [0.4, 0.5) is 4.79 Å². The van der Waals surface area contributed by atoms with Crippen LogP contribution in [0.25, 0.3) is 11.1 Å². The number of carbonyl (C=O) groups excluding carboxylic acids is 3. The third-order valence-electron chi connectivity index (χ3n) is 6.45. The summed E-state index contributed by atoms with van der Waals surface area (Å²) in [6.45, 7) is 12.7. The summed E-state index contributed by atoms with van der Waals surface area (Å²) in [6.07, 6.45) is 0.298. The third kappa shape index (κ3) is 6.72. The van der Waals surface area contributed by atoms with Gasteiger partial charge in [-0.15, -0.1) is 0 Å². The van der Waals surface area contributed by atoms with Crippen LogP contribution in [0.2, 0.25) is 0 Å². The lowest BCUT2D eigenvalue weighted by molar-refractivity contribution is -0.141. The molecule has 0 saturated carbocycles. The topological polar surface area (TPSA) is 154 Å². The molecule has 0 bridgehead atoms. The van der Waals surface area contributed by atoms with Gasteiger partial charge in [-0.2, -0.15) is 0 Å². The Hall–Kier alpha value is -2.96. The molecule has 2 aromatic rings. The largest absolute Gasteiger partial charge is 0.450 e. The summed E-state index contributed by atoms with van der Waals surface area (Å²) in [5.41, 5.74) is -1.06. The average Bonchev–Trinajstić information content (AvgIpc) is 3.46. The highest BCUT2D eigenvalue weighted by atomic mass is 28.4. The number of aromatic nitrogens is 1. The van der Waals surface area contributed by atoms with Crippen LogP contribution in [0.3, 0.4) is 0 Å². The molecule has 1 aliphatic heterocycles. The van der Waals surface area contributed by atoms with E-state index in [1.807, 2.05) is 0 Å². The van der Waals surface area contributed by atoms with Crippen LogP contribution in [0.1, 0.15) is 61.3 Å². The summed E-state index contributed by atoms with van der Waals surface area (Å²) in [5.74, 6) is -1.50. The van der Waals surface area contributed by atoms with Gasteiger partial charge >= 0.3 is 14.7 Å². The number of ether oxygens (including phenoxy) is 1. The molecule has 0 spiro atoms. The fourth-order valence-corrected chi connectivity index (χ4v) is 6.66. The van der Waals surface area contributed by atoms with Gasteiger partial charge in [0.05, 0.1) is 5.67 Å². The highest BCUT2D eigenvalue weighted by molar-refractivity contribution is 6.78. The zero-order valence-electron chi connectivity index (χ0n) is 23.1. The van der Waals surface area contributed by atoms with Gasteiger partial charge in [-0.25, -0.2) is 9.78 Å². The van der Waals surface area contributed by atoms with E-state index in [-0.39, 0.29) is 23.3 Å². The fraction of sp³-hybridized carbons (Fsp3) is 0.615. The number of alkyl carbamates (subject to hydrolysis) is 1. The Labute approximate surface area is 224 Å². The molecule has 3 rings (SSSR count). The van der Waals surface area contributed by atoms with Crippen molar-refractivity contribution in [3.63, 3.8) is 0 Å². The summed E-state index contributed by atoms with van der Waals surface area (Å²) in [7, 11) is -4.39. The predicted octanol–water partition coefficient (Wildman–Crippen LogP) is 1.68. The number of likely N-dealkylation sites (tertiary alicyclic amines) is 1. The van der Waals surface area contributed by atoms with E-state index in [0.717, 1.165) is 0 Å². The van der Waals surface area contributed by atoms with Crippen LogP contribution in [0.5, 0.6) is 0 Å². The van der Waals surface area contributed by atoms with Crippen LogP contribution < -0.4 is 16.1 Å². The molecular formula is C26H40N4O7Si. The summed E-state index contributed by atoms with van der Waals surface area (Å²) in [5, 5.41) is 5.43. The molecular weight excluding hydrogens is 508 g/mol. The molecule has 3 atom stereocenters. The quantitative estimate of drug-likeness (QED) is 0.363. The Morgan fingerprint density at radius 2 is 1.76 bits per heavy atom. The maximum Gasteiger partial charge on any atom is 0.450 e. The molecule has 12 heteroatoms. The lowest BCUT2D eigenvalue weighted by atomic mass is 10.0. The van der Waals surface area contributed by atoms with Gasteiger partial charge in [0.25, 0.3) is 0 Å². The number of carbonyl (C=O) groups is 3. The number of hydrogen-bond acceptors (Lipinski definition) is 8. The smallest absolute Gasteiger partial charge is 0.444 e. The number of amides is 3. The van der Waals surface area contributed by atoms with E-state index in [0.29, 0.717) is 30.5 Å². The first kappa shape index (κ1) is 29.6. The number of fused-ring (bicyclic) bond motifs is 1. The van der Waals surface area contributed by atoms with E-state index in [9.17, 15) is 24.0 Å². The summed E-state index contributed by atoms with van der Waals surface area (Å²) in [6, 6.07) is 5.20. The fourth-order valence-electron chi connectivity index (χ4n) is 4.57. The molecule has 3 amide bonds. The molecule has 4 N–H and O–H groups in total. The van der Waals surface area contributed by atoms with Gasteiger partial charge in [-0.3, -0.25) is 9.59 Å². The van der Waals surface area contributed by atoms with Crippen LogP contribution in [-0.4, -0.2) is 75.8 Å². The molecule has 1 unspecified atom stereocenters. The van der Waals surface area contributed by atoms with Crippen molar-refractivity contribution in [1.29, 1.82) is 0 Å². The summed E-state index contributed by atoms with van der Waals surface area (Å²) >= 11 is 0. The number of benzene rings is 1. The van der Waals surface area contributed by atoms with Gasteiger partial charge in [0.15, 0.2) is 5.58 Å². The second kappa shape index (κ2) is 11.4. The molecule has 0 radical (unpaired) electrons. The molecule has 38 heavy (non-hydrogen) atoms. The van der Waals surface area contributed by atoms with Crippen molar-refractivity contribution in [3.05, 3.63) is 24.3 Å². The average molecular weight is 549 g/mol. The number of para-hydroxylation sites is 2. The standard InChI is InChI=1S/C26H40N4O7Si/c1-15(2)20(28-24(33)37-26(5,6)7)23(32)30-14-10-12-18(30)21(31)29-22(16(3)4)38(34,35)25-27-17-11-8-9-13-19(17)36-25/h8-9,11,13,15-16,18,20,22,34-35H,10,12,14H2,1-7H3,(H,28,33)(H,29,31)/t18?,20-,22+/m0/s1. The van der Waals surface area contributed by atoms with Crippen molar-refractivity contribution >= 4 is 43.1 Å². The van der Waals surface area contributed by atoms with E-state index in [1.54, 1.807) is 72.7 Å². The highest BCUT2D eigenvalue weighted by Gasteiger charge is 2.51. The minimum absolute atomic E-state index is 0.196. The van der Waals surface area contributed by atoms with Crippen LogP contribution >= 0.6 is 0 Å². The Balaban J connectivity index is 1.78. The minimum Gasteiger partial charge on any atom is -0.444 e. The van der Waals surface area contributed by atoms with Crippen molar-refractivity contribution < 1.29 is 33.1 Å². The number of nitrogens with one attached hydrogen (secondary N) is 2. The number of hydrogen-bond donors (Lipinski definition) is 4. The number of nitrogens with zero attached hydrogens (tertiary/aromatic N) is 2. The number of rotatable bonds is 8. The molecule has 11 nitrogen and oxygen atoms in total. The Morgan fingerprint density at radius 3 is 2.34 bits per heavy atom. The molecule has 210 valence electrons. The van der Waals surface area contributed by atoms with Crippen molar-refractivity contribution in [2.24, 2.45) is 11.8 Å². The first-order chi connectivity index (χ1) is 17.6. The van der Waals surface area contributed by atoms with Gasteiger partial charge in [0, 0.05) is 6.54 Å². The van der Waals surface area contributed by atoms with Gasteiger partial charge in [0.2, 0.25) is 17.3 Å². The van der Waals surface area contributed by atoms with Crippen LogP contribution in [-0.2, 0) is 14.3 Å². The molecule has 1 aromatic heterocycles. The van der Waals surface area contributed by atoms with Gasteiger partial charge in [0.1, 0.15) is 23.2 Å². The van der Waals surface area contributed by atoms with Crippen molar-refractivity contribution in [2.75, 3.05) is 6.54 Å². The Kier molecular flexibility index (Phi) is 8.89. The van der Waals surface area contributed by atoms with Crippen molar-refractivity contribution in [2.45, 2.75) is 84.7 Å². The van der Waals surface area contributed by atoms with E-state index in [2.05, 4.69) is 15.6 Å². The van der Waals surface area contributed by atoms with E-state index in [1.165, 1.54) is 4.90 Å². The maximum atomic E-state index is 13.5. The molecule has 1 saturated heterocycles. The normalized spacial score (nSPS) is 18.1. The monoisotopic (exact) mass is 548 g/mol. The highest BCUT2D eigenvalue weighted by Crippen LogP contribution is 2.23. The molecule has 2 heterocycles. The lowest BCUT2D eigenvalue weighted by Crippen LogP contribution is -2.68. The van der Waals surface area contributed by atoms with Gasteiger partial charge in [-0.05, 0) is 57.6 Å².